The van der Waals surface area contributed by atoms with Gasteiger partial charge in [-0.25, -0.2) is 0 Å². The highest BCUT2D eigenvalue weighted by molar-refractivity contribution is 5.77. The highest BCUT2D eigenvalue weighted by atomic mass is 16.2. The van der Waals surface area contributed by atoms with Crippen molar-refractivity contribution in [3.8, 4) is 0 Å². The fourth-order valence-electron chi connectivity index (χ4n) is 4.19. The van der Waals surface area contributed by atoms with Gasteiger partial charge in [-0.05, 0) is 51.0 Å². The van der Waals surface area contributed by atoms with Crippen LogP contribution in [0.15, 0.2) is 0 Å². The second kappa shape index (κ2) is 5.60. The Kier molecular flexibility index (Phi) is 3.88. The molecule has 0 aromatic carbocycles. The van der Waals surface area contributed by atoms with Crippen molar-refractivity contribution in [1.29, 1.82) is 0 Å². The van der Waals surface area contributed by atoms with Crippen molar-refractivity contribution in [2.24, 2.45) is 5.92 Å². The van der Waals surface area contributed by atoms with E-state index in [9.17, 15) is 4.79 Å². The van der Waals surface area contributed by atoms with E-state index < -0.39 is 0 Å². The number of hydrogen-bond acceptors (Lipinski definition) is 2. The lowest BCUT2D eigenvalue weighted by Gasteiger charge is -2.44. The molecule has 0 aromatic rings. The minimum Gasteiger partial charge on any atom is -0.339 e. The lowest BCUT2D eigenvalue weighted by molar-refractivity contribution is -0.138. The first kappa shape index (κ1) is 12.5. The SMILES string of the molecule is O=C(CC1CCCN1)N1CCCC2CCCCC21. The Morgan fingerprint density at radius 3 is 2.72 bits per heavy atom. The number of fused-ring (bicyclic) bond motifs is 1. The number of amides is 1. The van der Waals surface area contributed by atoms with Gasteiger partial charge in [0, 0.05) is 25.0 Å². The highest BCUT2D eigenvalue weighted by Gasteiger charge is 2.36. The summed E-state index contributed by atoms with van der Waals surface area (Å²) in [4.78, 5) is 14.7. The van der Waals surface area contributed by atoms with Gasteiger partial charge < -0.3 is 10.2 Å². The van der Waals surface area contributed by atoms with Crippen molar-refractivity contribution in [3.63, 3.8) is 0 Å². The van der Waals surface area contributed by atoms with Crippen LogP contribution in [0.5, 0.6) is 0 Å². The van der Waals surface area contributed by atoms with E-state index in [4.69, 9.17) is 0 Å². The van der Waals surface area contributed by atoms with Crippen molar-refractivity contribution >= 4 is 5.91 Å². The Hall–Kier alpha value is -0.570. The van der Waals surface area contributed by atoms with E-state index in [1.807, 2.05) is 0 Å². The molecule has 0 bridgehead atoms. The van der Waals surface area contributed by atoms with Gasteiger partial charge in [-0.3, -0.25) is 4.79 Å². The molecule has 3 atom stereocenters. The van der Waals surface area contributed by atoms with Crippen LogP contribution in [0.3, 0.4) is 0 Å². The molecule has 102 valence electrons. The maximum absolute atomic E-state index is 12.5. The fraction of sp³-hybridized carbons (Fsp3) is 0.933. The second-order valence-corrected chi connectivity index (χ2v) is 6.34. The number of carbonyl (C=O) groups excluding carboxylic acids is 1. The molecule has 1 amide bonds. The lowest BCUT2D eigenvalue weighted by atomic mass is 9.78. The standard InChI is InChI=1S/C15H26N2O/c18-15(11-13-7-3-9-16-13)17-10-4-6-12-5-1-2-8-14(12)17/h12-14,16H,1-11H2. The number of piperidine rings is 1. The molecule has 0 aromatic heterocycles. The molecule has 2 aliphatic heterocycles. The molecule has 1 aliphatic carbocycles. The van der Waals surface area contributed by atoms with Crippen LogP contribution in [-0.4, -0.2) is 36.0 Å². The molecule has 3 nitrogen and oxygen atoms in total. The van der Waals surface area contributed by atoms with Gasteiger partial charge in [-0.15, -0.1) is 0 Å². The Morgan fingerprint density at radius 1 is 1.06 bits per heavy atom. The third-order valence-electron chi connectivity index (χ3n) is 5.15. The van der Waals surface area contributed by atoms with Crippen molar-refractivity contribution in [2.75, 3.05) is 13.1 Å². The number of rotatable bonds is 2. The first-order chi connectivity index (χ1) is 8.84. The quantitative estimate of drug-likeness (QED) is 0.815. The summed E-state index contributed by atoms with van der Waals surface area (Å²) in [5, 5.41) is 3.45. The fourth-order valence-corrected chi connectivity index (χ4v) is 4.19. The zero-order valence-corrected chi connectivity index (χ0v) is 11.4. The molecule has 1 saturated carbocycles. The largest absolute Gasteiger partial charge is 0.339 e. The Labute approximate surface area is 110 Å². The first-order valence-electron chi connectivity index (χ1n) is 7.87. The van der Waals surface area contributed by atoms with E-state index in [2.05, 4.69) is 10.2 Å². The van der Waals surface area contributed by atoms with Gasteiger partial charge in [0.2, 0.25) is 5.91 Å². The maximum atomic E-state index is 12.5. The van der Waals surface area contributed by atoms with Crippen LogP contribution in [0.4, 0.5) is 0 Å². The zero-order valence-electron chi connectivity index (χ0n) is 11.4. The Morgan fingerprint density at radius 2 is 1.89 bits per heavy atom. The van der Waals surface area contributed by atoms with Gasteiger partial charge in [-0.1, -0.05) is 12.8 Å². The van der Waals surface area contributed by atoms with Crippen LogP contribution in [0.1, 0.15) is 57.8 Å². The van der Waals surface area contributed by atoms with Gasteiger partial charge in [0.1, 0.15) is 0 Å². The summed E-state index contributed by atoms with van der Waals surface area (Å²) in [7, 11) is 0. The Bertz CT molecular complexity index is 297. The molecule has 0 spiro atoms. The summed E-state index contributed by atoms with van der Waals surface area (Å²) in [5.74, 6) is 1.24. The van der Waals surface area contributed by atoms with E-state index in [0.717, 1.165) is 25.4 Å². The third-order valence-corrected chi connectivity index (χ3v) is 5.15. The zero-order chi connectivity index (χ0) is 12.4. The molecule has 3 heteroatoms. The van der Waals surface area contributed by atoms with Crippen molar-refractivity contribution in [1.82, 2.24) is 10.2 Å². The average Bonchev–Trinajstić information content (AvgIpc) is 2.91. The molecular formula is C15H26N2O. The molecule has 1 N–H and O–H groups in total. The minimum absolute atomic E-state index is 0.422. The van der Waals surface area contributed by atoms with E-state index in [1.165, 1.54) is 51.4 Å². The predicted octanol–water partition coefficient (Wildman–Crippen LogP) is 2.31. The summed E-state index contributed by atoms with van der Waals surface area (Å²) in [6, 6.07) is 1.04. The van der Waals surface area contributed by atoms with Crippen LogP contribution in [0.2, 0.25) is 0 Å². The number of carbonyl (C=O) groups is 1. The summed E-state index contributed by atoms with van der Waals surface area (Å²) >= 11 is 0. The Balaban J connectivity index is 1.60. The smallest absolute Gasteiger partial charge is 0.224 e. The highest BCUT2D eigenvalue weighted by Crippen LogP contribution is 2.35. The van der Waals surface area contributed by atoms with E-state index in [1.54, 1.807) is 0 Å². The van der Waals surface area contributed by atoms with Crippen molar-refractivity contribution < 1.29 is 4.79 Å². The van der Waals surface area contributed by atoms with E-state index in [-0.39, 0.29) is 0 Å². The molecule has 2 heterocycles. The van der Waals surface area contributed by atoms with Gasteiger partial charge in [0.15, 0.2) is 0 Å². The van der Waals surface area contributed by atoms with E-state index >= 15 is 0 Å². The van der Waals surface area contributed by atoms with Crippen LogP contribution in [0.25, 0.3) is 0 Å². The normalized spacial score (nSPS) is 36.4. The van der Waals surface area contributed by atoms with Gasteiger partial charge in [-0.2, -0.15) is 0 Å². The van der Waals surface area contributed by atoms with E-state index in [0.29, 0.717) is 18.0 Å². The van der Waals surface area contributed by atoms with Gasteiger partial charge in [0.05, 0.1) is 0 Å². The van der Waals surface area contributed by atoms with Gasteiger partial charge >= 0.3 is 0 Å². The molecule has 3 rings (SSSR count). The molecule has 3 aliphatic rings. The monoisotopic (exact) mass is 250 g/mol. The second-order valence-electron chi connectivity index (χ2n) is 6.34. The van der Waals surface area contributed by atoms with Crippen LogP contribution in [-0.2, 0) is 4.79 Å². The molecular weight excluding hydrogens is 224 g/mol. The number of likely N-dealkylation sites (tertiary alicyclic amines) is 1. The summed E-state index contributed by atoms with van der Waals surface area (Å²) in [6.45, 7) is 2.12. The minimum atomic E-state index is 0.422. The summed E-state index contributed by atoms with van der Waals surface area (Å²) in [5.41, 5.74) is 0. The number of hydrogen-bond donors (Lipinski definition) is 1. The maximum Gasteiger partial charge on any atom is 0.224 e. The topological polar surface area (TPSA) is 32.3 Å². The molecule has 18 heavy (non-hydrogen) atoms. The van der Waals surface area contributed by atoms with Crippen molar-refractivity contribution in [2.45, 2.75) is 69.9 Å². The number of nitrogens with one attached hydrogen (secondary N) is 1. The first-order valence-corrected chi connectivity index (χ1v) is 7.87. The molecule has 3 fully saturated rings. The summed E-state index contributed by atoms with van der Waals surface area (Å²) in [6.07, 6.45) is 11.1. The van der Waals surface area contributed by atoms with Crippen LogP contribution >= 0.6 is 0 Å². The summed E-state index contributed by atoms with van der Waals surface area (Å²) < 4.78 is 0. The predicted molar refractivity (Wildman–Crippen MR) is 72.3 cm³/mol. The average molecular weight is 250 g/mol. The van der Waals surface area contributed by atoms with Crippen molar-refractivity contribution in [3.05, 3.63) is 0 Å². The van der Waals surface area contributed by atoms with Crippen LogP contribution < -0.4 is 5.32 Å². The molecule has 3 unspecified atom stereocenters. The lowest BCUT2D eigenvalue weighted by Crippen LogP contribution is -2.50. The van der Waals surface area contributed by atoms with Crippen LogP contribution in [0, 0.1) is 5.92 Å². The van der Waals surface area contributed by atoms with Gasteiger partial charge in [0.25, 0.3) is 0 Å². The third kappa shape index (κ3) is 2.56. The number of nitrogens with zero attached hydrogens (tertiary/aromatic N) is 1. The molecule has 2 saturated heterocycles. The molecule has 0 radical (unpaired) electrons.